The number of carbonyl (C=O) groups is 2. The Morgan fingerprint density at radius 2 is 2.26 bits per heavy atom. The van der Waals surface area contributed by atoms with Crippen molar-refractivity contribution in [3.05, 3.63) is 29.0 Å². The van der Waals surface area contributed by atoms with Gasteiger partial charge in [0.2, 0.25) is 0 Å². The van der Waals surface area contributed by atoms with Crippen LogP contribution >= 0.6 is 11.6 Å². The van der Waals surface area contributed by atoms with Crippen LogP contribution in [0.5, 0.6) is 0 Å². The third-order valence-electron chi connectivity index (χ3n) is 2.95. The summed E-state index contributed by atoms with van der Waals surface area (Å²) in [6, 6.07) is 3.87. The fourth-order valence-electron chi connectivity index (χ4n) is 2.07. The van der Waals surface area contributed by atoms with Crippen LogP contribution in [-0.2, 0) is 9.53 Å². The summed E-state index contributed by atoms with van der Waals surface area (Å²) in [6.07, 6.45) is -0.578. The van der Waals surface area contributed by atoms with Gasteiger partial charge in [0.1, 0.15) is 16.9 Å². The number of aliphatic hydroxyl groups is 1. The Morgan fingerprint density at radius 1 is 1.53 bits per heavy atom. The molecule has 1 aliphatic heterocycles. The number of pyridine rings is 1. The van der Waals surface area contributed by atoms with Crippen molar-refractivity contribution in [1.82, 2.24) is 9.88 Å². The van der Waals surface area contributed by atoms with E-state index in [-0.39, 0.29) is 23.8 Å². The maximum absolute atomic E-state index is 12.3. The van der Waals surface area contributed by atoms with Gasteiger partial charge in [-0.05, 0) is 12.1 Å². The van der Waals surface area contributed by atoms with Gasteiger partial charge in [-0.1, -0.05) is 17.7 Å². The molecule has 1 saturated heterocycles. The van der Waals surface area contributed by atoms with Crippen molar-refractivity contribution in [2.24, 2.45) is 0 Å². The van der Waals surface area contributed by atoms with Gasteiger partial charge in [0, 0.05) is 13.0 Å². The maximum Gasteiger partial charge on any atom is 0.328 e. The van der Waals surface area contributed by atoms with Gasteiger partial charge in [0.15, 0.2) is 0 Å². The third kappa shape index (κ3) is 2.85. The smallest absolute Gasteiger partial charge is 0.328 e. The SMILES string of the molecule is COC(=O)C1CC(O)CN1C(=O)c1cccc(Cl)n1. The second-order valence-corrected chi connectivity index (χ2v) is 4.62. The Kier molecular flexibility index (Phi) is 4.01. The molecular formula is C12H13ClN2O4. The Bertz CT molecular complexity index is 508. The monoisotopic (exact) mass is 284 g/mol. The molecule has 7 heteroatoms. The first-order valence-electron chi connectivity index (χ1n) is 5.72. The molecule has 6 nitrogen and oxygen atoms in total. The van der Waals surface area contributed by atoms with E-state index in [0.29, 0.717) is 0 Å². The van der Waals surface area contributed by atoms with Crippen molar-refractivity contribution in [2.45, 2.75) is 18.6 Å². The molecule has 2 heterocycles. The number of nitrogens with zero attached hydrogens (tertiary/aromatic N) is 2. The molecule has 0 aliphatic carbocycles. The number of carbonyl (C=O) groups excluding carboxylic acids is 2. The Morgan fingerprint density at radius 3 is 2.89 bits per heavy atom. The molecule has 0 bridgehead atoms. The van der Waals surface area contributed by atoms with E-state index in [4.69, 9.17) is 11.6 Å². The normalized spacial score (nSPS) is 22.4. The van der Waals surface area contributed by atoms with Crippen molar-refractivity contribution >= 4 is 23.5 Å². The third-order valence-corrected chi connectivity index (χ3v) is 3.16. The number of methoxy groups -OCH3 is 1. The Labute approximate surface area is 114 Å². The maximum atomic E-state index is 12.3. The van der Waals surface area contributed by atoms with Gasteiger partial charge in [-0.3, -0.25) is 4.79 Å². The minimum absolute atomic E-state index is 0.0762. The lowest BCUT2D eigenvalue weighted by Crippen LogP contribution is -2.41. The fraction of sp³-hybridized carbons (Fsp3) is 0.417. The van der Waals surface area contributed by atoms with Crippen LogP contribution in [0.15, 0.2) is 18.2 Å². The van der Waals surface area contributed by atoms with Gasteiger partial charge in [-0.15, -0.1) is 0 Å². The summed E-state index contributed by atoms with van der Waals surface area (Å²) in [5.41, 5.74) is 0.135. The molecule has 1 aromatic rings. The number of aromatic nitrogens is 1. The van der Waals surface area contributed by atoms with Crippen molar-refractivity contribution in [1.29, 1.82) is 0 Å². The molecule has 1 N–H and O–H groups in total. The first-order chi connectivity index (χ1) is 9.02. The average Bonchev–Trinajstić information content (AvgIpc) is 2.79. The van der Waals surface area contributed by atoms with Gasteiger partial charge in [-0.2, -0.15) is 0 Å². The highest BCUT2D eigenvalue weighted by molar-refractivity contribution is 6.29. The van der Waals surface area contributed by atoms with E-state index in [2.05, 4.69) is 9.72 Å². The van der Waals surface area contributed by atoms with Crippen LogP contribution in [0.4, 0.5) is 0 Å². The number of ether oxygens (including phenoxy) is 1. The number of esters is 1. The average molecular weight is 285 g/mol. The lowest BCUT2D eigenvalue weighted by Gasteiger charge is -2.21. The molecule has 102 valence electrons. The number of rotatable bonds is 2. The van der Waals surface area contributed by atoms with Gasteiger partial charge in [0.25, 0.3) is 5.91 Å². The van der Waals surface area contributed by atoms with E-state index in [1.54, 1.807) is 12.1 Å². The highest BCUT2D eigenvalue weighted by Gasteiger charge is 2.40. The topological polar surface area (TPSA) is 79.7 Å². The molecule has 1 fully saturated rings. The van der Waals surface area contributed by atoms with Crippen molar-refractivity contribution in [3.8, 4) is 0 Å². The molecule has 0 spiro atoms. The fourth-order valence-corrected chi connectivity index (χ4v) is 2.24. The molecule has 1 aromatic heterocycles. The zero-order chi connectivity index (χ0) is 14.0. The quantitative estimate of drug-likeness (QED) is 0.631. The first-order valence-corrected chi connectivity index (χ1v) is 6.10. The van der Waals surface area contributed by atoms with Crippen molar-refractivity contribution < 1.29 is 19.4 Å². The lowest BCUT2D eigenvalue weighted by molar-refractivity contribution is -0.145. The van der Waals surface area contributed by atoms with Crippen LogP contribution in [0.25, 0.3) is 0 Å². The second-order valence-electron chi connectivity index (χ2n) is 4.23. The van der Waals surface area contributed by atoms with Gasteiger partial charge in [-0.25, -0.2) is 9.78 Å². The first kappa shape index (κ1) is 13.8. The van der Waals surface area contributed by atoms with E-state index >= 15 is 0 Å². The second kappa shape index (κ2) is 5.54. The van der Waals surface area contributed by atoms with Gasteiger partial charge in [0.05, 0.1) is 13.2 Å². The minimum Gasteiger partial charge on any atom is -0.467 e. The predicted molar refractivity (Wildman–Crippen MR) is 66.7 cm³/mol. The summed E-state index contributed by atoms with van der Waals surface area (Å²) in [5.74, 6) is -0.999. The summed E-state index contributed by atoms with van der Waals surface area (Å²) in [6.45, 7) is 0.0762. The molecule has 2 rings (SSSR count). The van der Waals surface area contributed by atoms with Crippen LogP contribution in [0.2, 0.25) is 5.15 Å². The van der Waals surface area contributed by atoms with E-state index in [1.165, 1.54) is 18.1 Å². The molecule has 0 radical (unpaired) electrons. The van der Waals surface area contributed by atoms with Crippen molar-refractivity contribution in [3.63, 3.8) is 0 Å². The largest absolute Gasteiger partial charge is 0.467 e. The highest BCUT2D eigenvalue weighted by atomic mass is 35.5. The van der Waals surface area contributed by atoms with E-state index in [1.807, 2.05) is 0 Å². The lowest BCUT2D eigenvalue weighted by atomic mass is 10.2. The van der Waals surface area contributed by atoms with Crippen LogP contribution in [0.1, 0.15) is 16.9 Å². The zero-order valence-electron chi connectivity index (χ0n) is 10.2. The molecule has 1 aliphatic rings. The molecule has 2 unspecified atom stereocenters. The number of hydrogen-bond donors (Lipinski definition) is 1. The number of aliphatic hydroxyl groups excluding tert-OH is 1. The van der Waals surface area contributed by atoms with E-state index in [9.17, 15) is 14.7 Å². The van der Waals surface area contributed by atoms with Gasteiger partial charge >= 0.3 is 5.97 Å². The van der Waals surface area contributed by atoms with Crippen LogP contribution in [0.3, 0.4) is 0 Å². The Balaban J connectivity index is 2.24. The summed E-state index contributed by atoms with van der Waals surface area (Å²) in [7, 11) is 1.24. The van der Waals surface area contributed by atoms with Gasteiger partial charge < -0.3 is 14.7 Å². The summed E-state index contributed by atoms with van der Waals surface area (Å²) < 4.78 is 4.63. The molecule has 19 heavy (non-hydrogen) atoms. The van der Waals surface area contributed by atoms with E-state index < -0.39 is 24.0 Å². The zero-order valence-corrected chi connectivity index (χ0v) is 11.0. The molecule has 1 amide bonds. The van der Waals surface area contributed by atoms with Crippen molar-refractivity contribution in [2.75, 3.05) is 13.7 Å². The standard InChI is InChI=1S/C12H13ClN2O4/c1-19-12(18)9-5-7(16)6-15(9)11(17)8-3-2-4-10(13)14-8/h2-4,7,9,16H,5-6H2,1H3. The number of hydrogen-bond acceptors (Lipinski definition) is 5. The summed E-state index contributed by atoms with van der Waals surface area (Å²) in [4.78, 5) is 29.0. The van der Waals surface area contributed by atoms with Crippen LogP contribution < -0.4 is 0 Å². The molecule has 0 saturated carbocycles. The highest BCUT2D eigenvalue weighted by Crippen LogP contribution is 2.21. The molecule has 0 aromatic carbocycles. The Hall–Kier alpha value is -1.66. The van der Waals surface area contributed by atoms with Crippen LogP contribution in [0, 0.1) is 0 Å². The van der Waals surface area contributed by atoms with E-state index in [0.717, 1.165) is 0 Å². The predicted octanol–water partition coefficient (Wildman–Crippen LogP) is 0.483. The number of halogens is 1. The van der Waals surface area contributed by atoms with Crippen LogP contribution in [-0.4, -0.2) is 52.7 Å². The number of β-amino-alcohol motifs (C(OH)–C–C–N with tert-alkyl or cyclic N) is 1. The summed E-state index contributed by atoms with van der Waals surface area (Å²) >= 11 is 5.73. The number of amides is 1. The molecular weight excluding hydrogens is 272 g/mol. The number of likely N-dealkylation sites (tertiary alicyclic amines) is 1. The summed E-state index contributed by atoms with van der Waals surface area (Å²) in [5, 5.41) is 9.81. The minimum atomic E-state index is -0.784. The molecule has 2 atom stereocenters.